The van der Waals surface area contributed by atoms with Crippen LogP contribution in [0.25, 0.3) is 5.69 Å². The fourth-order valence-corrected chi connectivity index (χ4v) is 1.54. The number of hydrogen-bond acceptors (Lipinski definition) is 3. The van der Waals surface area contributed by atoms with Gasteiger partial charge in [0.1, 0.15) is 0 Å². The van der Waals surface area contributed by atoms with Gasteiger partial charge < -0.3 is 0 Å². The first-order valence-electron chi connectivity index (χ1n) is 5.33. The van der Waals surface area contributed by atoms with Crippen LogP contribution in [0.5, 0.6) is 0 Å². The van der Waals surface area contributed by atoms with Crippen molar-refractivity contribution in [1.82, 2.24) is 9.78 Å². The average molecular weight is 227 g/mol. The van der Waals surface area contributed by atoms with E-state index in [9.17, 15) is 4.79 Å². The molecular formula is C13H13N3O. The highest BCUT2D eigenvalue weighted by atomic mass is 16.1. The quantitative estimate of drug-likeness (QED) is 0.597. The number of carbonyl (C=O) groups excluding carboxylic acids is 1. The van der Waals surface area contributed by atoms with Crippen LogP contribution in [0.2, 0.25) is 0 Å². The lowest BCUT2D eigenvalue weighted by Crippen LogP contribution is -2.12. The van der Waals surface area contributed by atoms with Crippen LogP contribution in [0.15, 0.2) is 47.7 Å². The molecule has 0 saturated carbocycles. The maximum Gasteiger partial charge on any atom is 0.235 e. The van der Waals surface area contributed by atoms with Crippen LogP contribution in [0.4, 0.5) is 0 Å². The first-order chi connectivity index (χ1) is 8.13. The lowest BCUT2D eigenvalue weighted by atomic mass is 9.99. The van der Waals surface area contributed by atoms with Crippen LogP contribution < -0.4 is 0 Å². The number of nitrogens with zero attached hydrogens (tertiary/aromatic N) is 3. The van der Waals surface area contributed by atoms with Crippen molar-refractivity contribution in [2.75, 3.05) is 0 Å². The summed E-state index contributed by atoms with van der Waals surface area (Å²) in [5.41, 5.74) is 1.27. The molecule has 0 atom stereocenters. The van der Waals surface area contributed by atoms with Gasteiger partial charge >= 0.3 is 0 Å². The van der Waals surface area contributed by atoms with Crippen molar-refractivity contribution in [3.8, 4) is 5.69 Å². The molecule has 0 saturated heterocycles. The van der Waals surface area contributed by atoms with E-state index in [1.54, 1.807) is 17.0 Å². The highest BCUT2D eigenvalue weighted by molar-refractivity contribution is 5.37. The largest absolute Gasteiger partial charge is 0.241 e. The minimum absolute atomic E-state index is 0.589. The molecule has 1 heterocycles. The standard InChI is InChI=1S/C13H13N3O/c1-13(2,14-10-17)11-8-15-16(9-11)12-6-4-3-5-7-12/h3-9H,1-2H3. The van der Waals surface area contributed by atoms with Crippen molar-refractivity contribution in [2.24, 2.45) is 4.99 Å². The van der Waals surface area contributed by atoms with Gasteiger partial charge in [-0.1, -0.05) is 18.2 Å². The number of rotatable bonds is 3. The number of aliphatic imine (C=N–C) groups is 1. The Morgan fingerprint density at radius 1 is 1.29 bits per heavy atom. The summed E-state index contributed by atoms with van der Waals surface area (Å²) < 4.78 is 1.76. The molecule has 17 heavy (non-hydrogen) atoms. The highest BCUT2D eigenvalue weighted by Gasteiger charge is 2.21. The van der Waals surface area contributed by atoms with Crippen molar-refractivity contribution in [3.05, 3.63) is 48.3 Å². The summed E-state index contributed by atoms with van der Waals surface area (Å²) in [7, 11) is 0. The van der Waals surface area contributed by atoms with Gasteiger partial charge in [0.05, 0.1) is 17.4 Å². The van der Waals surface area contributed by atoms with Crippen LogP contribution in [0.3, 0.4) is 0 Å². The van der Waals surface area contributed by atoms with E-state index in [0.717, 1.165) is 11.3 Å². The third-order valence-corrected chi connectivity index (χ3v) is 2.63. The summed E-state index contributed by atoms with van der Waals surface area (Å²) in [6.07, 6.45) is 5.18. The minimum atomic E-state index is -0.589. The molecule has 86 valence electrons. The maximum absolute atomic E-state index is 10.4. The molecule has 4 heteroatoms. The summed E-state index contributed by atoms with van der Waals surface area (Å²) in [6, 6.07) is 9.78. The molecule has 0 N–H and O–H groups in total. The maximum atomic E-state index is 10.4. The second-order valence-corrected chi connectivity index (χ2v) is 4.27. The molecule has 1 aromatic carbocycles. The molecule has 0 spiro atoms. The van der Waals surface area contributed by atoms with Crippen LogP contribution in [0.1, 0.15) is 19.4 Å². The zero-order valence-electron chi connectivity index (χ0n) is 9.79. The summed E-state index contributed by atoms with van der Waals surface area (Å²) in [5, 5.41) is 4.26. The van der Waals surface area contributed by atoms with Gasteiger partial charge in [-0.25, -0.2) is 9.48 Å². The zero-order chi connectivity index (χ0) is 12.3. The molecule has 0 fully saturated rings. The lowest BCUT2D eigenvalue weighted by molar-refractivity contribution is 0.523. The molecule has 0 bridgehead atoms. The van der Waals surface area contributed by atoms with Gasteiger partial charge in [0.25, 0.3) is 0 Å². The third kappa shape index (κ3) is 2.32. The topological polar surface area (TPSA) is 47.2 Å². The molecule has 2 rings (SSSR count). The van der Waals surface area contributed by atoms with Gasteiger partial charge in [-0.15, -0.1) is 0 Å². The predicted octanol–water partition coefficient (Wildman–Crippen LogP) is 2.44. The van der Waals surface area contributed by atoms with Crippen LogP contribution >= 0.6 is 0 Å². The Kier molecular flexibility index (Phi) is 2.90. The van der Waals surface area contributed by atoms with Crippen molar-refractivity contribution in [3.63, 3.8) is 0 Å². The molecule has 2 aromatic rings. The second-order valence-electron chi connectivity index (χ2n) is 4.27. The van der Waals surface area contributed by atoms with E-state index in [4.69, 9.17) is 0 Å². The van der Waals surface area contributed by atoms with E-state index in [0.29, 0.717) is 0 Å². The molecule has 0 amide bonds. The first kappa shape index (κ1) is 11.3. The predicted molar refractivity (Wildman–Crippen MR) is 64.7 cm³/mol. The highest BCUT2D eigenvalue weighted by Crippen LogP contribution is 2.24. The van der Waals surface area contributed by atoms with Crippen molar-refractivity contribution < 1.29 is 4.79 Å². The first-order valence-corrected chi connectivity index (χ1v) is 5.33. The Labute approximate surface area is 99.6 Å². The van der Waals surface area contributed by atoms with E-state index in [1.165, 1.54) is 0 Å². The van der Waals surface area contributed by atoms with E-state index in [2.05, 4.69) is 10.1 Å². The molecule has 0 aliphatic carbocycles. The normalized spacial score (nSPS) is 10.9. The Morgan fingerprint density at radius 2 is 2.00 bits per heavy atom. The molecule has 0 aliphatic heterocycles. The Morgan fingerprint density at radius 3 is 2.65 bits per heavy atom. The molecule has 1 aromatic heterocycles. The molecular weight excluding hydrogens is 214 g/mol. The summed E-state index contributed by atoms with van der Waals surface area (Å²) in [4.78, 5) is 14.1. The summed E-state index contributed by atoms with van der Waals surface area (Å²) in [5.74, 6) is 0. The average Bonchev–Trinajstić information content (AvgIpc) is 2.80. The number of benzene rings is 1. The van der Waals surface area contributed by atoms with Crippen molar-refractivity contribution in [1.29, 1.82) is 0 Å². The lowest BCUT2D eigenvalue weighted by Gasteiger charge is -2.14. The van der Waals surface area contributed by atoms with Crippen LogP contribution in [-0.2, 0) is 10.3 Å². The molecule has 4 nitrogen and oxygen atoms in total. The van der Waals surface area contributed by atoms with Gasteiger partial charge in [-0.2, -0.15) is 10.1 Å². The van der Waals surface area contributed by atoms with Crippen molar-refractivity contribution in [2.45, 2.75) is 19.4 Å². The molecule has 0 aliphatic rings. The van der Waals surface area contributed by atoms with Gasteiger partial charge in [-0.3, -0.25) is 0 Å². The number of hydrogen-bond donors (Lipinski definition) is 0. The van der Waals surface area contributed by atoms with Gasteiger partial charge in [0.2, 0.25) is 6.08 Å². The van der Waals surface area contributed by atoms with E-state index in [-0.39, 0.29) is 0 Å². The smallest absolute Gasteiger partial charge is 0.235 e. The van der Waals surface area contributed by atoms with Gasteiger partial charge in [-0.05, 0) is 26.0 Å². The number of para-hydroxylation sites is 1. The van der Waals surface area contributed by atoms with Crippen LogP contribution in [-0.4, -0.2) is 15.9 Å². The Bertz CT molecular complexity index is 551. The van der Waals surface area contributed by atoms with Crippen molar-refractivity contribution >= 4 is 6.08 Å². The van der Waals surface area contributed by atoms with Gasteiger partial charge in [0.15, 0.2) is 0 Å². The monoisotopic (exact) mass is 227 g/mol. The third-order valence-electron chi connectivity index (χ3n) is 2.63. The second kappa shape index (κ2) is 4.36. The fourth-order valence-electron chi connectivity index (χ4n) is 1.54. The summed E-state index contributed by atoms with van der Waals surface area (Å²) in [6.45, 7) is 3.70. The fraction of sp³-hybridized carbons (Fsp3) is 0.231. The summed E-state index contributed by atoms with van der Waals surface area (Å²) >= 11 is 0. The SMILES string of the molecule is CC(C)(N=C=O)c1cnn(-c2ccccc2)c1. The Balaban J connectivity index is 2.37. The minimum Gasteiger partial charge on any atom is -0.241 e. The van der Waals surface area contributed by atoms with E-state index < -0.39 is 5.54 Å². The molecule has 0 radical (unpaired) electrons. The van der Waals surface area contributed by atoms with Crippen LogP contribution in [0, 0.1) is 0 Å². The number of isocyanates is 1. The Hall–Kier alpha value is -2.19. The molecule has 0 unspecified atom stereocenters. The van der Waals surface area contributed by atoms with Gasteiger partial charge in [0, 0.05) is 11.8 Å². The number of aromatic nitrogens is 2. The zero-order valence-corrected chi connectivity index (χ0v) is 9.79. The van der Waals surface area contributed by atoms with E-state index in [1.807, 2.05) is 50.4 Å². The van der Waals surface area contributed by atoms with E-state index >= 15 is 0 Å².